The molecule has 0 N–H and O–H groups in total. The molecule has 1 saturated heterocycles. The molecule has 116 valence electrons. The average molecular weight is 293 g/mol. The molecular weight excluding hydrogens is 269 g/mol. The first-order valence-corrected chi connectivity index (χ1v) is 7.62. The van der Waals surface area contributed by atoms with E-state index >= 15 is 0 Å². The zero-order valence-corrected chi connectivity index (χ0v) is 13.2. The van der Waals surface area contributed by atoms with Gasteiger partial charge in [-0.1, -0.05) is 39.0 Å². The molecule has 1 unspecified atom stereocenters. The molecule has 0 aromatic carbocycles. The second-order valence-electron chi connectivity index (χ2n) is 5.30. The topological polar surface area (TPSA) is 55.8 Å². The lowest BCUT2D eigenvalue weighted by atomic mass is 9.69. The SMILES string of the molecule is CCC#CC(CCCCC)B1OC(=O)CN(C)CC(=O)O1. The molecule has 0 spiro atoms. The van der Waals surface area contributed by atoms with Crippen LogP contribution in [0.1, 0.15) is 46.0 Å². The van der Waals surface area contributed by atoms with Gasteiger partial charge in [-0.05, 0) is 13.5 Å². The summed E-state index contributed by atoms with van der Waals surface area (Å²) in [6.45, 7) is 4.27. The number of hydrogen-bond donors (Lipinski definition) is 0. The van der Waals surface area contributed by atoms with E-state index < -0.39 is 7.12 Å². The fourth-order valence-corrected chi connectivity index (χ4v) is 2.14. The van der Waals surface area contributed by atoms with Crippen molar-refractivity contribution in [3.05, 3.63) is 0 Å². The highest BCUT2D eigenvalue weighted by molar-refractivity contribution is 6.52. The van der Waals surface area contributed by atoms with E-state index in [4.69, 9.17) is 9.31 Å². The van der Waals surface area contributed by atoms with Crippen LogP contribution in [0.15, 0.2) is 0 Å². The summed E-state index contributed by atoms with van der Waals surface area (Å²) in [5.41, 5.74) is 0. The molecule has 0 aromatic rings. The molecule has 1 fully saturated rings. The summed E-state index contributed by atoms with van der Waals surface area (Å²) in [6, 6.07) is 0. The van der Waals surface area contributed by atoms with Gasteiger partial charge in [-0.2, -0.15) is 0 Å². The van der Waals surface area contributed by atoms with Crippen LogP contribution in [0.25, 0.3) is 0 Å². The van der Waals surface area contributed by atoms with Gasteiger partial charge in [0.25, 0.3) is 0 Å². The van der Waals surface area contributed by atoms with Crippen molar-refractivity contribution < 1.29 is 18.9 Å². The molecule has 1 rings (SSSR count). The molecule has 21 heavy (non-hydrogen) atoms. The third kappa shape index (κ3) is 6.68. The number of carbonyl (C=O) groups excluding carboxylic acids is 2. The predicted octanol–water partition coefficient (Wildman–Crippen LogP) is 1.87. The Hall–Kier alpha value is -1.48. The maximum Gasteiger partial charge on any atom is 0.614 e. The average Bonchev–Trinajstić information content (AvgIpc) is 2.40. The van der Waals surface area contributed by atoms with Gasteiger partial charge in [0.1, 0.15) is 0 Å². The Morgan fingerprint density at radius 2 is 1.81 bits per heavy atom. The minimum Gasteiger partial charge on any atom is -0.497 e. The molecule has 6 heteroatoms. The molecule has 0 aromatic heterocycles. The molecule has 5 nitrogen and oxygen atoms in total. The van der Waals surface area contributed by atoms with Crippen molar-refractivity contribution in [1.82, 2.24) is 4.90 Å². The van der Waals surface area contributed by atoms with Crippen molar-refractivity contribution in [3.8, 4) is 11.8 Å². The second kappa shape index (κ2) is 9.46. The number of rotatable bonds is 5. The first-order chi connectivity index (χ1) is 10.1. The highest BCUT2D eigenvalue weighted by Gasteiger charge is 2.38. The van der Waals surface area contributed by atoms with Crippen LogP contribution in [-0.2, 0) is 18.9 Å². The highest BCUT2D eigenvalue weighted by atomic mass is 16.6. The predicted molar refractivity (Wildman–Crippen MR) is 81.4 cm³/mol. The summed E-state index contributed by atoms with van der Waals surface area (Å²) in [5.74, 6) is 5.08. The van der Waals surface area contributed by atoms with Crippen molar-refractivity contribution in [2.75, 3.05) is 20.1 Å². The first kappa shape index (κ1) is 17.6. The molecular formula is C15H24BNO4. The third-order valence-electron chi connectivity index (χ3n) is 3.20. The summed E-state index contributed by atoms with van der Waals surface area (Å²) in [5, 5.41) is 0. The summed E-state index contributed by atoms with van der Waals surface area (Å²) in [6.07, 6.45) is 4.65. The largest absolute Gasteiger partial charge is 0.614 e. The van der Waals surface area contributed by atoms with E-state index in [-0.39, 0.29) is 30.8 Å². The molecule has 1 atom stereocenters. The number of hydrogen-bond acceptors (Lipinski definition) is 5. The van der Waals surface area contributed by atoms with E-state index in [1.165, 1.54) is 0 Å². The highest BCUT2D eigenvalue weighted by Crippen LogP contribution is 2.21. The van der Waals surface area contributed by atoms with E-state index in [1.54, 1.807) is 11.9 Å². The van der Waals surface area contributed by atoms with Crippen molar-refractivity contribution in [2.45, 2.75) is 51.8 Å². The van der Waals surface area contributed by atoms with Gasteiger partial charge in [0.05, 0.1) is 18.9 Å². The number of unbranched alkanes of at least 4 members (excludes halogenated alkanes) is 2. The van der Waals surface area contributed by atoms with Gasteiger partial charge in [0, 0.05) is 6.42 Å². The minimum absolute atomic E-state index is 0.0918. The summed E-state index contributed by atoms with van der Waals surface area (Å²) < 4.78 is 10.6. The quantitative estimate of drug-likeness (QED) is 0.440. The number of carbonyl (C=O) groups is 2. The standard InChI is InChI=1S/C15H24BNO4/c1-4-6-8-10-13(9-7-5-2)16-20-14(18)11-17(3)12-15(19)21-16/h13H,4-6,8,10-12H2,1-3H3. The van der Waals surface area contributed by atoms with Crippen LogP contribution >= 0.6 is 0 Å². The molecule has 0 amide bonds. The van der Waals surface area contributed by atoms with Crippen LogP contribution < -0.4 is 0 Å². The normalized spacial score (nSPS) is 18.0. The zero-order valence-electron chi connectivity index (χ0n) is 13.2. The van der Waals surface area contributed by atoms with E-state index in [1.807, 2.05) is 6.92 Å². The van der Waals surface area contributed by atoms with Gasteiger partial charge in [-0.25, -0.2) is 0 Å². The van der Waals surface area contributed by atoms with Crippen LogP contribution in [-0.4, -0.2) is 44.1 Å². The molecule has 0 radical (unpaired) electrons. The lowest BCUT2D eigenvalue weighted by Gasteiger charge is -2.25. The van der Waals surface area contributed by atoms with Crippen molar-refractivity contribution >= 4 is 19.1 Å². The fourth-order valence-electron chi connectivity index (χ4n) is 2.14. The maximum atomic E-state index is 11.8. The Labute approximate surface area is 127 Å². The van der Waals surface area contributed by atoms with E-state index in [9.17, 15) is 9.59 Å². The van der Waals surface area contributed by atoms with Crippen molar-refractivity contribution in [2.24, 2.45) is 0 Å². The maximum absolute atomic E-state index is 11.8. The summed E-state index contributed by atoms with van der Waals surface area (Å²) in [4.78, 5) is 25.1. The Morgan fingerprint density at radius 3 is 2.33 bits per heavy atom. The van der Waals surface area contributed by atoms with Gasteiger partial charge in [-0.3, -0.25) is 14.5 Å². The molecule has 0 saturated carbocycles. The van der Waals surface area contributed by atoms with Crippen LogP contribution in [0, 0.1) is 11.8 Å². The zero-order chi connectivity index (χ0) is 15.7. The van der Waals surface area contributed by atoms with Crippen LogP contribution in [0.2, 0.25) is 5.82 Å². The van der Waals surface area contributed by atoms with E-state index in [0.29, 0.717) is 0 Å². The first-order valence-electron chi connectivity index (χ1n) is 7.62. The molecule has 0 bridgehead atoms. The Morgan fingerprint density at radius 1 is 1.19 bits per heavy atom. The Balaban J connectivity index is 2.76. The van der Waals surface area contributed by atoms with Gasteiger partial charge < -0.3 is 9.31 Å². The van der Waals surface area contributed by atoms with Gasteiger partial charge in [0.2, 0.25) is 0 Å². The summed E-state index contributed by atoms with van der Waals surface area (Å²) >= 11 is 0. The van der Waals surface area contributed by atoms with E-state index in [0.717, 1.165) is 32.1 Å². The van der Waals surface area contributed by atoms with Gasteiger partial charge in [-0.15, -0.1) is 5.92 Å². The lowest BCUT2D eigenvalue weighted by Crippen LogP contribution is -2.44. The van der Waals surface area contributed by atoms with Crippen LogP contribution in [0.5, 0.6) is 0 Å². The third-order valence-corrected chi connectivity index (χ3v) is 3.20. The molecule has 1 aliphatic rings. The van der Waals surface area contributed by atoms with Gasteiger partial charge in [0.15, 0.2) is 0 Å². The monoisotopic (exact) mass is 293 g/mol. The van der Waals surface area contributed by atoms with E-state index in [2.05, 4.69) is 18.8 Å². The number of likely N-dealkylation sites (N-methyl/N-ethyl adjacent to an activating group) is 1. The van der Waals surface area contributed by atoms with Gasteiger partial charge >= 0.3 is 19.1 Å². The molecule has 1 aliphatic heterocycles. The summed E-state index contributed by atoms with van der Waals surface area (Å²) in [7, 11) is 0.799. The Kier molecular flexibility index (Phi) is 7.92. The second-order valence-corrected chi connectivity index (χ2v) is 5.30. The molecule has 1 heterocycles. The van der Waals surface area contributed by atoms with Crippen LogP contribution in [0.3, 0.4) is 0 Å². The Bertz CT molecular complexity index is 396. The minimum atomic E-state index is -0.880. The fraction of sp³-hybridized carbons (Fsp3) is 0.733. The smallest absolute Gasteiger partial charge is 0.497 e. The number of nitrogens with zero attached hydrogens (tertiary/aromatic N) is 1. The lowest BCUT2D eigenvalue weighted by molar-refractivity contribution is -0.145. The van der Waals surface area contributed by atoms with Crippen LogP contribution in [0.4, 0.5) is 0 Å². The van der Waals surface area contributed by atoms with Crippen molar-refractivity contribution in [1.29, 1.82) is 0 Å². The van der Waals surface area contributed by atoms with Crippen molar-refractivity contribution in [3.63, 3.8) is 0 Å². The molecule has 0 aliphatic carbocycles.